The minimum absolute atomic E-state index is 0.146. The van der Waals surface area contributed by atoms with Crippen molar-refractivity contribution in [1.29, 1.82) is 0 Å². The molecule has 0 aromatic rings. The highest BCUT2D eigenvalue weighted by Gasteiger charge is 2.19. The van der Waals surface area contributed by atoms with Crippen molar-refractivity contribution in [2.75, 3.05) is 20.3 Å². The van der Waals surface area contributed by atoms with Crippen molar-refractivity contribution >= 4 is 11.9 Å². The zero-order chi connectivity index (χ0) is 10.3. The molecule has 0 bridgehead atoms. The lowest BCUT2D eigenvalue weighted by molar-refractivity contribution is -0.158. The number of rotatable bonds is 5. The summed E-state index contributed by atoms with van der Waals surface area (Å²) in [5.74, 6) is -1.65. The van der Waals surface area contributed by atoms with E-state index in [1.807, 2.05) is 0 Å². The Kier molecular flexibility index (Phi) is 5.82. The Balaban J connectivity index is 3.71. The molecule has 6 heteroatoms. The topological polar surface area (TPSA) is 93.1 Å². The van der Waals surface area contributed by atoms with Gasteiger partial charge in [-0.1, -0.05) is 0 Å². The Morgan fingerprint density at radius 1 is 1.46 bits per heavy atom. The minimum Gasteiger partial charge on any atom is -0.467 e. The first-order chi connectivity index (χ1) is 6.11. The summed E-state index contributed by atoms with van der Waals surface area (Å²) in [7, 11) is 1.10. The molecule has 0 aliphatic carbocycles. The van der Waals surface area contributed by atoms with Gasteiger partial charge in [0.25, 0.3) is 0 Å². The van der Waals surface area contributed by atoms with Crippen LogP contribution in [0, 0.1) is 0 Å². The molecular weight excluding hydrogens is 180 g/mol. The molecule has 0 aromatic carbocycles. The van der Waals surface area contributed by atoms with E-state index < -0.39 is 24.5 Å². The van der Waals surface area contributed by atoms with Gasteiger partial charge in [0, 0.05) is 0 Å². The second-order valence-electron chi connectivity index (χ2n) is 2.19. The van der Waals surface area contributed by atoms with Gasteiger partial charge in [0.1, 0.15) is 6.61 Å². The van der Waals surface area contributed by atoms with Gasteiger partial charge in [0.15, 0.2) is 6.10 Å². The van der Waals surface area contributed by atoms with Crippen LogP contribution in [0.4, 0.5) is 0 Å². The SMILES string of the molecule is COC(=O)C(O)CC(=O)OCCO. The smallest absolute Gasteiger partial charge is 0.335 e. The Labute approximate surface area is 75.1 Å². The molecule has 0 saturated carbocycles. The number of hydrogen-bond acceptors (Lipinski definition) is 6. The molecule has 13 heavy (non-hydrogen) atoms. The molecule has 0 fully saturated rings. The Hall–Kier alpha value is -1.14. The highest BCUT2D eigenvalue weighted by molar-refractivity contribution is 5.81. The molecule has 0 amide bonds. The average molecular weight is 192 g/mol. The molecule has 76 valence electrons. The van der Waals surface area contributed by atoms with Crippen LogP contribution in [-0.4, -0.2) is 48.6 Å². The van der Waals surface area contributed by atoms with Crippen LogP contribution in [0.5, 0.6) is 0 Å². The summed E-state index contributed by atoms with van der Waals surface area (Å²) in [6.45, 7) is -0.438. The quantitative estimate of drug-likeness (QED) is 0.512. The van der Waals surface area contributed by atoms with E-state index in [0.717, 1.165) is 7.11 Å². The number of aliphatic hydroxyl groups is 2. The maximum absolute atomic E-state index is 10.7. The van der Waals surface area contributed by atoms with Gasteiger partial charge in [-0.25, -0.2) is 4.79 Å². The summed E-state index contributed by atoms with van der Waals surface area (Å²) in [4.78, 5) is 21.3. The molecule has 1 atom stereocenters. The van der Waals surface area contributed by atoms with E-state index in [1.165, 1.54) is 0 Å². The number of hydrogen-bond donors (Lipinski definition) is 2. The van der Waals surface area contributed by atoms with Crippen molar-refractivity contribution in [2.24, 2.45) is 0 Å². The summed E-state index contributed by atoms with van der Waals surface area (Å²) >= 11 is 0. The minimum atomic E-state index is -1.50. The van der Waals surface area contributed by atoms with Gasteiger partial charge in [-0.3, -0.25) is 4.79 Å². The van der Waals surface area contributed by atoms with Crippen LogP contribution in [0.1, 0.15) is 6.42 Å². The lowest BCUT2D eigenvalue weighted by Gasteiger charge is -2.07. The Morgan fingerprint density at radius 2 is 2.08 bits per heavy atom. The summed E-state index contributed by atoms with van der Waals surface area (Å²) < 4.78 is 8.57. The molecule has 0 aromatic heterocycles. The summed E-state index contributed by atoms with van der Waals surface area (Å²) in [6, 6.07) is 0. The first-order valence-electron chi connectivity index (χ1n) is 3.64. The van der Waals surface area contributed by atoms with Crippen molar-refractivity contribution in [3.05, 3.63) is 0 Å². The maximum atomic E-state index is 10.7. The number of carbonyl (C=O) groups excluding carboxylic acids is 2. The second kappa shape index (κ2) is 6.38. The summed E-state index contributed by atoms with van der Waals surface area (Å²) in [5, 5.41) is 17.2. The van der Waals surface area contributed by atoms with Crippen LogP contribution in [0.3, 0.4) is 0 Å². The first-order valence-corrected chi connectivity index (χ1v) is 3.64. The number of esters is 2. The normalized spacial score (nSPS) is 11.9. The second-order valence-corrected chi connectivity index (χ2v) is 2.19. The predicted octanol–water partition coefficient (Wildman–Crippen LogP) is -1.55. The van der Waals surface area contributed by atoms with E-state index in [-0.39, 0.29) is 13.2 Å². The number of carbonyl (C=O) groups is 2. The van der Waals surface area contributed by atoms with Crippen molar-refractivity contribution in [1.82, 2.24) is 0 Å². The molecule has 0 heterocycles. The van der Waals surface area contributed by atoms with Gasteiger partial charge in [0.2, 0.25) is 0 Å². The molecule has 0 spiro atoms. The highest BCUT2D eigenvalue weighted by Crippen LogP contribution is 1.96. The van der Waals surface area contributed by atoms with Crippen LogP contribution in [0.2, 0.25) is 0 Å². The highest BCUT2D eigenvalue weighted by atomic mass is 16.5. The monoisotopic (exact) mass is 192 g/mol. The third-order valence-electron chi connectivity index (χ3n) is 1.19. The van der Waals surface area contributed by atoms with Crippen molar-refractivity contribution < 1.29 is 29.3 Å². The molecule has 0 radical (unpaired) electrons. The first kappa shape index (κ1) is 11.9. The van der Waals surface area contributed by atoms with Gasteiger partial charge in [-0.2, -0.15) is 0 Å². The predicted molar refractivity (Wildman–Crippen MR) is 40.7 cm³/mol. The number of methoxy groups -OCH3 is 1. The zero-order valence-corrected chi connectivity index (χ0v) is 7.23. The standard InChI is InChI=1S/C7H12O6/c1-12-7(11)5(9)4-6(10)13-3-2-8/h5,8-9H,2-4H2,1H3. The van der Waals surface area contributed by atoms with Gasteiger partial charge in [-0.15, -0.1) is 0 Å². The fourth-order valence-electron chi connectivity index (χ4n) is 0.596. The van der Waals surface area contributed by atoms with Crippen LogP contribution in [-0.2, 0) is 19.1 Å². The van der Waals surface area contributed by atoms with E-state index in [2.05, 4.69) is 9.47 Å². The summed E-state index contributed by atoms with van der Waals surface area (Å²) in [5.41, 5.74) is 0. The van der Waals surface area contributed by atoms with E-state index in [9.17, 15) is 9.59 Å². The maximum Gasteiger partial charge on any atom is 0.335 e. The largest absolute Gasteiger partial charge is 0.467 e. The molecule has 0 aliphatic heterocycles. The molecule has 6 nitrogen and oxygen atoms in total. The van der Waals surface area contributed by atoms with E-state index in [0.29, 0.717) is 0 Å². The van der Waals surface area contributed by atoms with Gasteiger partial charge in [-0.05, 0) is 0 Å². The Morgan fingerprint density at radius 3 is 2.54 bits per heavy atom. The van der Waals surface area contributed by atoms with Crippen molar-refractivity contribution in [2.45, 2.75) is 12.5 Å². The fourth-order valence-corrected chi connectivity index (χ4v) is 0.596. The van der Waals surface area contributed by atoms with Crippen LogP contribution in [0.25, 0.3) is 0 Å². The molecular formula is C7H12O6. The zero-order valence-electron chi connectivity index (χ0n) is 7.23. The fraction of sp³-hybridized carbons (Fsp3) is 0.714. The summed E-state index contributed by atoms with van der Waals surface area (Å²) in [6.07, 6.45) is -1.97. The third-order valence-corrected chi connectivity index (χ3v) is 1.19. The van der Waals surface area contributed by atoms with E-state index in [1.54, 1.807) is 0 Å². The third kappa shape index (κ3) is 5.15. The van der Waals surface area contributed by atoms with Crippen LogP contribution >= 0.6 is 0 Å². The van der Waals surface area contributed by atoms with Crippen molar-refractivity contribution in [3.63, 3.8) is 0 Å². The molecule has 2 N–H and O–H groups in total. The van der Waals surface area contributed by atoms with Gasteiger partial charge in [0.05, 0.1) is 20.1 Å². The number of aliphatic hydroxyl groups excluding tert-OH is 2. The van der Waals surface area contributed by atoms with E-state index >= 15 is 0 Å². The van der Waals surface area contributed by atoms with E-state index in [4.69, 9.17) is 10.2 Å². The molecule has 0 rings (SSSR count). The number of ether oxygens (including phenoxy) is 2. The van der Waals surface area contributed by atoms with Crippen molar-refractivity contribution in [3.8, 4) is 0 Å². The lowest BCUT2D eigenvalue weighted by Crippen LogP contribution is -2.26. The van der Waals surface area contributed by atoms with Crippen LogP contribution in [0.15, 0.2) is 0 Å². The van der Waals surface area contributed by atoms with Gasteiger partial charge >= 0.3 is 11.9 Å². The lowest BCUT2D eigenvalue weighted by atomic mass is 10.2. The molecule has 1 unspecified atom stereocenters. The molecule has 0 aliphatic rings. The average Bonchev–Trinajstić information content (AvgIpc) is 2.13. The molecule has 0 saturated heterocycles. The van der Waals surface area contributed by atoms with Gasteiger partial charge < -0.3 is 19.7 Å². The van der Waals surface area contributed by atoms with Crippen LogP contribution < -0.4 is 0 Å². The Bertz CT molecular complexity index is 178.